The molecule has 3 rings (SSSR count). The Morgan fingerprint density at radius 1 is 1.00 bits per heavy atom. The summed E-state index contributed by atoms with van der Waals surface area (Å²) < 4.78 is 34.4. The summed E-state index contributed by atoms with van der Waals surface area (Å²) in [5.41, 5.74) is 1.93. The molecule has 0 fully saturated rings. The summed E-state index contributed by atoms with van der Waals surface area (Å²) in [4.78, 5) is 28.8. The second-order valence-electron chi connectivity index (χ2n) is 9.30. The molecule has 0 unspecified atom stereocenters. The highest BCUT2D eigenvalue weighted by molar-refractivity contribution is 7.92. The number of ether oxygens (including phenoxy) is 1. The summed E-state index contributed by atoms with van der Waals surface area (Å²) in [6.07, 6.45) is 1.09. The molecule has 1 N–H and O–H groups in total. The summed E-state index contributed by atoms with van der Waals surface area (Å²) in [5, 5.41) is 3.16. The maximum absolute atomic E-state index is 14.1. The largest absolute Gasteiger partial charge is 0.495 e. The topological polar surface area (TPSA) is 96.0 Å². The van der Waals surface area contributed by atoms with Crippen LogP contribution in [0.4, 0.5) is 5.69 Å². The van der Waals surface area contributed by atoms with E-state index in [1.165, 1.54) is 30.2 Å². The standard InChI is InChI=1S/C30H36ClN3O5S/c1-5-18-32-30(36)26(6-2)33(20-23-13-11-10-12-22(23)3)29(35)21-34(27-19-24(31)16-17-28(27)39-4)40(37,38)25-14-8-7-9-15-25/h7-17,19,26H,5-6,18,20-21H2,1-4H3,(H,32,36)/t26-/m1/s1. The Bertz CT molecular complexity index is 1420. The van der Waals surface area contributed by atoms with Crippen molar-refractivity contribution in [2.24, 2.45) is 0 Å². The number of hydrogen-bond donors (Lipinski definition) is 1. The van der Waals surface area contributed by atoms with Crippen LogP contribution in [0.2, 0.25) is 5.02 Å². The van der Waals surface area contributed by atoms with Gasteiger partial charge >= 0.3 is 0 Å². The third kappa shape index (κ3) is 7.34. The molecule has 8 nitrogen and oxygen atoms in total. The van der Waals surface area contributed by atoms with Crippen molar-refractivity contribution >= 4 is 39.1 Å². The minimum absolute atomic E-state index is 0.00279. The maximum atomic E-state index is 14.1. The van der Waals surface area contributed by atoms with Crippen LogP contribution in [0.3, 0.4) is 0 Å². The highest BCUT2D eigenvalue weighted by Gasteiger charge is 2.35. The van der Waals surface area contributed by atoms with Gasteiger partial charge in [-0.1, -0.05) is 67.9 Å². The number of rotatable bonds is 13. The van der Waals surface area contributed by atoms with Crippen molar-refractivity contribution in [2.75, 3.05) is 24.5 Å². The Morgan fingerprint density at radius 2 is 1.68 bits per heavy atom. The zero-order valence-corrected chi connectivity index (χ0v) is 24.8. The second kappa shape index (κ2) is 14.2. The van der Waals surface area contributed by atoms with Gasteiger partial charge in [0.15, 0.2) is 0 Å². The van der Waals surface area contributed by atoms with Gasteiger partial charge in [-0.2, -0.15) is 0 Å². The fourth-order valence-corrected chi connectivity index (χ4v) is 5.95. The fourth-order valence-electron chi connectivity index (χ4n) is 4.35. The van der Waals surface area contributed by atoms with Gasteiger partial charge in [0.1, 0.15) is 18.3 Å². The highest BCUT2D eigenvalue weighted by Crippen LogP contribution is 2.35. The smallest absolute Gasteiger partial charge is 0.264 e. The fraction of sp³-hybridized carbons (Fsp3) is 0.333. The first-order chi connectivity index (χ1) is 19.1. The number of carbonyl (C=O) groups excluding carboxylic acids is 2. The van der Waals surface area contributed by atoms with Gasteiger partial charge < -0.3 is 15.0 Å². The highest BCUT2D eigenvalue weighted by atomic mass is 35.5. The first kappa shape index (κ1) is 31.0. The molecule has 0 aliphatic heterocycles. The first-order valence-corrected chi connectivity index (χ1v) is 15.0. The predicted octanol–water partition coefficient (Wildman–Crippen LogP) is 5.19. The lowest BCUT2D eigenvalue weighted by atomic mass is 10.1. The molecule has 0 spiro atoms. The van der Waals surface area contributed by atoms with Crippen LogP contribution in [0.5, 0.6) is 5.75 Å². The van der Waals surface area contributed by atoms with Gasteiger partial charge in [0.2, 0.25) is 11.8 Å². The van der Waals surface area contributed by atoms with Crippen LogP contribution in [0.1, 0.15) is 37.8 Å². The molecular formula is C30H36ClN3O5S. The zero-order valence-electron chi connectivity index (χ0n) is 23.3. The summed E-state index contributed by atoms with van der Waals surface area (Å²) in [6, 6.07) is 19.2. The average molecular weight is 586 g/mol. The monoisotopic (exact) mass is 585 g/mol. The van der Waals surface area contributed by atoms with Gasteiger partial charge in [-0.3, -0.25) is 13.9 Å². The lowest BCUT2D eigenvalue weighted by molar-refractivity contribution is -0.140. The van der Waals surface area contributed by atoms with Crippen molar-refractivity contribution < 1.29 is 22.7 Å². The predicted molar refractivity (Wildman–Crippen MR) is 158 cm³/mol. The summed E-state index contributed by atoms with van der Waals surface area (Å²) >= 11 is 6.28. The SMILES string of the molecule is CCCNC(=O)[C@@H](CC)N(Cc1ccccc1C)C(=O)CN(c1cc(Cl)ccc1OC)S(=O)(=O)c1ccccc1. The first-order valence-electron chi connectivity index (χ1n) is 13.2. The van der Waals surface area contributed by atoms with E-state index < -0.39 is 28.5 Å². The Hall–Kier alpha value is -3.56. The molecule has 0 aliphatic rings. The maximum Gasteiger partial charge on any atom is 0.264 e. The van der Waals surface area contributed by atoms with E-state index in [-0.39, 0.29) is 33.8 Å². The van der Waals surface area contributed by atoms with Crippen LogP contribution in [-0.2, 0) is 26.2 Å². The van der Waals surface area contributed by atoms with E-state index in [1.54, 1.807) is 30.3 Å². The normalized spacial score (nSPS) is 11.9. The van der Waals surface area contributed by atoms with Crippen molar-refractivity contribution in [3.63, 3.8) is 0 Å². The summed E-state index contributed by atoms with van der Waals surface area (Å²) in [7, 11) is -2.82. The summed E-state index contributed by atoms with van der Waals surface area (Å²) in [5.74, 6) is -0.595. The molecule has 0 aliphatic carbocycles. The zero-order chi connectivity index (χ0) is 29.3. The third-order valence-electron chi connectivity index (χ3n) is 6.56. The number of benzene rings is 3. The van der Waals surface area contributed by atoms with Crippen molar-refractivity contribution in [2.45, 2.75) is 51.1 Å². The number of methoxy groups -OCH3 is 1. The number of sulfonamides is 1. The molecule has 214 valence electrons. The van der Waals surface area contributed by atoms with E-state index in [0.29, 0.717) is 13.0 Å². The number of halogens is 1. The molecule has 0 saturated carbocycles. The number of hydrogen-bond acceptors (Lipinski definition) is 5. The van der Waals surface area contributed by atoms with E-state index in [0.717, 1.165) is 21.9 Å². The average Bonchev–Trinajstić information content (AvgIpc) is 2.95. The summed E-state index contributed by atoms with van der Waals surface area (Å²) in [6.45, 7) is 5.73. The Balaban J connectivity index is 2.12. The Kier molecular flexibility index (Phi) is 11.0. The minimum atomic E-state index is -4.23. The molecular weight excluding hydrogens is 550 g/mol. The van der Waals surface area contributed by atoms with Crippen molar-refractivity contribution in [1.29, 1.82) is 0 Å². The van der Waals surface area contributed by atoms with Crippen LogP contribution < -0.4 is 14.4 Å². The van der Waals surface area contributed by atoms with Gasteiger partial charge in [-0.15, -0.1) is 0 Å². The number of nitrogens with zero attached hydrogens (tertiary/aromatic N) is 2. The van der Waals surface area contributed by atoms with Crippen molar-refractivity contribution in [3.05, 3.63) is 88.9 Å². The van der Waals surface area contributed by atoms with Crippen LogP contribution in [-0.4, -0.2) is 51.4 Å². The molecule has 0 saturated heterocycles. The number of carbonyl (C=O) groups is 2. The van der Waals surface area contributed by atoms with Gasteiger partial charge in [0, 0.05) is 18.1 Å². The number of anilines is 1. The van der Waals surface area contributed by atoms with Gasteiger partial charge in [0.05, 0.1) is 17.7 Å². The van der Waals surface area contributed by atoms with Crippen LogP contribution in [0.15, 0.2) is 77.7 Å². The molecule has 3 aromatic carbocycles. The molecule has 0 aromatic heterocycles. The molecule has 3 aromatic rings. The molecule has 2 amide bonds. The number of aryl methyl sites for hydroxylation is 1. The lowest BCUT2D eigenvalue weighted by Gasteiger charge is -2.33. The van der Waals surface area contributed by atoms with E-state index in [2.05, 4.69) is 5.32 Å². The minimum Gasteiger partial charge on any atom is -0.495 e. The van der Waals surface area contributed by atoms with E-state index >= 15 is 0 Å². The second-order valence-corrected chi connectivity index (χ2v) is 11.6. The third-order valence-corrected chi connectivity index (χ3v) is 8.57. The molecule has 0 radical (unpaired) electrons. The van der Waals surface area contributed by atoms with E-state index in [4.69, 9.17) is 16.3 Å². The van der Waals surface area contributed by atoms with Gasteiger partial charge in [-0.25, -0.2) is 8.42 Å². The van der Waals surface area contributed by atoms with Crippen molar-refractivity contribution in [3.8, 4) is 5.75 Å². The lowest BCUT2D eigenvalue weighted by Crippen LogP contribution is -2.52. The number of nitrogens with one attached hydrogen (secondary N) is 1. The number of amides is 2. The van der Waals surface area contributed by atoms with Crippen molar-refractivity contribution in [1.82, 2.24) is 10.2 Å². The molecule has 40 heavy (non-hydrogen) atoms. The Labute approximate surface area is 241 Å². The van der Waals surface area contributed by atoms with Gasteiger partial charge in [0.25, 0.3) is 10.0 Å². The molecule has 0 heterocycles. The van der Waals surface area contributed by atoms with Crippen LogP contribution in [0, 0.1) is 6.92 Å². The van der Waals surface area contributed by atoms with E-state index in [9.17, 15) is 18.0 Å². The van der Waals surface area contributed by atoms with Crippen LogP contribution >= 0.6 is 11.6 Å². The quantitative estimate of drug-likeness (QED) is 0.298. The molecule has 0 bridgehead atoms. The molecule has 1 atom stereocenters. The van der Waals surface area contributed by atoms with Gasteiger partial charge in [-0.05, 0) is 61.2 Å². The molecule has 10 heteroatoms. The van der Waals surface area contributed by atoms with E-state index in [1.807, 2.05) is 45.0 Å². The van der Waals surface area contributed by atoms with Crippen LogP contribution in [0.25, 0.3) is 0 Å². The Morgan fingerprint density at radius 3 is 2.30 bits per heavy atom.